The summed E-state index contributed by atoms with van der Waals surface area (Å²) in [6.07, 6.45) is -28.2. The highest BCUT2D eigenvalue weighted by molar-refractivity contribution is 5.09. The molecule has 1 aliphatic rings. The van der Waals surface area contributed by atoms with Gasteiger partial charge in [0.15, 0.2) is 6.17 Å². The lowest BCUT2D eigenvalue weighted by molar-refractivity contribution is -0.414. The summed E-state index contributed by atoms with van der Waals surface area (Å²) < 4.78 is 154. The van der Waals surface area contributed by atoms with Gasteiger partial charge in [-0.15, -0.1) is 0 Å². The van der Waals surface area contributed by atoms with Crippen LogP contribution in [0.2, 0.25) is 0 Å². The Balaban J connectivity index is 3.63. The molecule has 138 valence electrons. The first-order chi connectivity index (χ1) is 10.0. The Labute approximate surface area is 121 Å². The van der Waals surface area contributed by atoms with Gasteiger partial charge in [0.05, 0.1) is 0 Å². The zero-order valence-electron chi connectivity index (χ0n) is 11.0. The maximum absolute atomic E-state index is 13.7. The molecule has 0 heterocycles. The van der Waals surface area contributed by atoms with E-state index in [0.29, 0.717) is 0 Å². The summed E-state index contributed by atoms with van der Waals surface area (Å²) in [5, 5.41) is 0. The van der Waals surface area contributed by atoms with Gasteiger partial charge < -0.3 is 0 Å². The van der Waals surface area contributed by atoms with Gasteiger partial charge >= 0.3 is 24.5 Å². The largest absolute Gasteiger partial charge is 0.456 e. The van der Waals surface area contributed by atoms with Gasteiger partial charge in [0.25, 0.3) is 0 Å². The third-order valence-corrected chi connectivity index (χ3v) is 4.03. The minimum Gasteiger partial charge on any atom is -0.239 e. The van der Waals surface area contributed by atoms with Crippen LogP contribution in [0, 0.1) is 11.3 Å². The minimum absolute atomic E-state index is 0.261. The average Bonchev–Trinajstić information content (AvgIpc) is 2.77. The number of hydrogen-bond donors (Lipinski definition) is 0. The normalized spacial score (nSPS) is 20.9. The Morgan fingerprint density at radius 3 is 1.22 bits per heavy atom. The molecule has 0 radical (unpaired) electrons. The van der Waals surface area contributed by atoms with Crippen LogP contribution in [-0.2, 0) is 0 Å². The number of hydrogen-bond acceptors (Lipinski definition) is 0. The van der Waals surface area contributed by atoms with Crippen molar-refractivity contribution in [3.05, 3.63) is 0 Å². The average molecular weight is 370 g/mol. The lowest BCUT2D eigenvalue weighted by Gasteiger charge is -2.45. The molecule has 1 unspecified atom stereocenters. The van der Waals surface area contributed by atoms with Gasteiger partial charge in [0.1, 0.15) is 0 Å². The summed E-state index contributed by atoms with van der Waals surface area (Å²) in [6, 6.07) is 0. The summed E-state index contributed by atoms with van der Waals surface area (Å²) >= 11 is 0. The fraction of sp³-hybridized carbons (Fsp3) is 1.00. The highest BCUT2D eigenvalue weighted by atomic mass is 19.4. The van der Waals surface area contributed by atoms with Gasteiger partial charge in [0, 0.05) is 0 Å². The Hall–Kier alpha value is -0.840. The topological polar surface area (TPSA) is 0 Å². The maximum Gasteiger partial charge on any atom is 0.456 e. The van der Waals surface area contributed by atoms with Crippen LogP contribution in [0.25, 0.3) is 0 Å². The van der Waals surface area contributed by atoms with Crippen molar-refractivity contribution in [1.29, 1.82) is 0 Å². The lowest BCUT2D eigenvalue weighted by atomic mass is 9.67. The third-order valence-electron chi connectivity index (χ3n) is 4.03. The molecule has 0 aliphatic heterocycles. The second kappa shape index (κ2) is 5.61. The Morgan fingerprint density at radius 1 is 0.609 bits per heavy atom. The summed E-state index contributed by atoms with van der Waals surface area (Å²) in [7, 11) is 0. The fourth-order valence-electron chi connectivity index (χ4n) is 2.93. The molecule has 0 nitrogen and oxygen atoms in total. The van der Waals surface area contributed by atoms with Crippen molar-refractivity contribution in [3.63, 3.8) is 0 Å². The molecule has 0 aromatic heterocycles. The smallest absolute Gasteiger partial charge is 0.239 e. The molecular weight excluding hydrogens is 360 g/mol. The minimum atomic E-state index is -6.90. The summed E-state index contributed by atoms with van der Waals surface area (Å²) in [6.45, 7) is 0. The molecule has 0 amide bonds. The Kier molecular flexibility index (Phi) is 4.93. The van der Waals surface area contributed by atoms with Crippen LogP contribution in [0.15, 0.2) is 0 Å². The first kappa shape index (κ1) is 20.2. The summed E-state index contributed by atoms with van der Waals surface area (Å²) in [5.41, 5.74) is -5.78. The van der Waals surface area contributed by atoms with E-state index in [-0.39, 0.29) is 12.8 Å². The molecule has 1 aliphatic carbocycles. The van der Waals surface area contributed by atoms with Gasteiger partial charge in [0.2, 0.25) is 5.41 Å². The van der Waals surface area contributed by atoms with Gasteiger partial charge in [-0.1, -0.05) is 12.8 Å². The standard InChI is InChI=1S/C11H10F12/c12-6(8(13,14)11(21,22)23)7(9(15,16)17,10(18,19)20)5-3-1-2-4-5/h5-6H,1-4H2. The molecule has 0 aromatic rings. The first-order valence-corrected chi connectivity index (χ1v) is 6.23. The summed E-state index contributed by atoms with van der Waals surface area (Å²) in [4.78, 5) is 0. The van der Waals surface area contributed by atoms with Crippen LogP contribution in [-0.4, -0.2) is 30.6 Å². The molecular formula is C11H10F12. The van der Waals surface area contributed by atoms with E-state index < -0.39 is 54.8 Å². The van der Waals surface area contributed by atoms with Crippen LogP contribution in [0.3, 0.4) is 0 Å². The Bertz CT molecular complexity index is 394. The molecule has 1 atom stereocenters. The molecule has 0 aromatic carbocycles. The molecule has 23 heavy (non-hydrogen) atoms. The SMILES string of the molecule is FC(C(F)(F)C(F)(F)F)C(C1CCCC1)(C(F)(F)F)C(F)(F)F. The van der Waals surface area contributed by atoms with Gasteiger partial charge in [-0.2, -0.15) is 48.3 Å². The van der Waals surface area contributed by atoms with Crippen molar-refractivity contribution < 1.29 is 52.7 Å². The predicted octanol–water partition coefficient (Wildman–Crippen LogP) is 5.82. The van der Waals surface area contributed by atoms with E-state index in [9.17, 15) is 52.7 Å². The molecule has 12 heteroatoms. The van der Waals surface area contributed by atoms with E-state index in [2.05, 4.69) is 0 Å². The highest BCUT2D eigenvalue weighted by Crippen LogP contribution is 2.65. The molecule has 0 spiro atoms. The van der Waals surface area contributed by atoms with Crippen molar-refractivity contribution in [2.45, 2.75) is 56.3 Å². The van der Waals surface area contributed by atoms with E-state index in [1.54, 1.807) is 0 Å². The molecule has 0 bridgehead atoms. The van der Waals surface area contributed by atoms with Crippen LogP contribution in [0.5, 0.6) is 0 Å². The van der Waals surface area contributed by atoms with Crippen LogP contribution in [0.1, 0.15) is 25.7 Å². The zero-order chi connectivity index (χ0) is 18.5. The molecule has 1 rings (SSSR count). The van der Waals surface area contributed by atoms with Crippen LogP contribution < -0.4 is 0 Å². The maximum atomic E-state index is 13.7. The third kappa shape index (κ3) is 2.97. The zero-order valence-corrected chi connectivity index (χ0v) is 11.0. The fourth-order valence-corrected chi connectivity index (χ4v) is 2.93. The molecule has 0 saturated heterocycles. The first-order valence-electron chi connectivity index (χ1n) is 6.23. The van der Waals surface area contributed by atoms with E-state index in [4.69, 9.17) is 0 Å². The Morgan fingerprint density at radius 2 is 0.957 bits per heavy atom. The van der Waals surface area contributed by atoms with E-state index in [1.807, 2.05) is 0 Å². The number of alkyl halides is 12. The molecule has 1 fully saturated rings. The molecule has 0 N–H and O–H groups in total. The second-order valence-corrected chi connectivity index (χ2v) is 5.33. The van der Waals surface area contributed by atoms with E-state index in [0.717, 1.165) is 0 Å². The number of rotatable bonds is 3. The van der Waals surface area contributed by atoms with Crippen molar-refractivity contribution in [2.75, 3.05) is 0 Å². The molecule has 1 saturated carbocycles. The van der Waals surface area contributed by atoms with Crippen LogP contribution >= 0.6 is 0 Å². The van der Waals surface area contributed by atoms with E-state index >= 15 is 0 Å². The lowest BCUT2D eigenvalue weighted by Crippen LogP contribution is -2.66. The second-order valence-electron chi connectivity index (χ2n) is 5.33. The monoisotopic (exact) mass is 370 g/mol. The summed E-state index contributed by atoms with van der Waals surface area (Å²) in [5.74, 6) is -9.55. The number of halogens is 12. The van der Waals surface area contributed by atoms with Crippen molar-refractivity contribution in [1.82, 2.24) is 0 Å². The van der Waals surface area contributed by atoms with Gasteiger partial charge in [-0.3, -0.25) is 0 Å². The van der Waals surface area contributed by atoms with Crippen molar-refractivity contribution in [2.24, 2.45) is 11.3 Å². The van der Waals surface area contributed by atoms with Crippen molar-refractivity contribution >= 4 is 0 Å². The highest BCUT2D eigenvalue weighted by Gasteiger charge is 2.84. The van der Waals surface area contributed by atoms with Gasteiger partial charge in [-0.25, -0.2) is 4.39 Å². The van der Waals surface area contributed by atoms with Crippen molar-refractivity contribution in [3.8, 4) is 0 Å². The van der Waals surface area contributed by atoms with E-state index in [1.165, 1.54) is 0 Å². The quantitative estimate of drug-likeness (QED) is 0.549. The predicted molar refractivity (Wildman–Crippen MR) is 52.4 cm³/mol. The van der Waals surface area contributed by atoms with Crippen LogP contribution in [0.4, 0.5) is 52.7 Å². The van der Waals surface area contributed by atoms with Gasteiger partial charge in [-0.05, 0) is 18.8 Å².